The second-order valence-electron chi connectivity index (χ2n) is 9.55. The number of aromatic nitrogens is 2. The maximum absolute atomic E-state index is 12.8. The fraction of sp³-hybridized carbons (Fsp3) is 0.370. The molecular formula is C27H34ClN6O3P. The Hall–Kier alpha value is -3.13. The number of halogens is 1. The molecule has 1 aliphatic rings. The van der Waals surface area contributed by atoms with Crippen molar-refractivity contribution in [1.29, 1.82) is 0 Å². The summed E-state index contributed by atoms with van der Waals surface area (Å²) < 4.78 is 18.4. The summed E-state index contributed by atoms with van der Waals surface area (Å²) in [5, 5.41) is 7.50. The average molecular weight is 557 g/mol. The van der Waals surface area contributed by atoms with Crippen LogP contribution in [-0.4, -0.2) is 73.8 Å². The zero-order valence-corrected chi connectivity index (χ0v) is 23.9. The highest BCUT2D eigenvalue weighted by Crippen LogP contribution is 2.39. The van der Waals surface area contributed by atoms with E-state index in [1.165, 1.54) is 6.20 Å². The second-order valence-corrected chi connectivity index (χ2v) is 13.1. The van der Waals surface area contributed by atoms with Crippen LogP contribution in [0.5, 0.6) is 5.75 Å². The van der Waals surface area contributed by atoms with Crippen LogP contribution in [0.4, 0.5) is 28.8 Å². The largest absolute Gasteiger partial charge is 0.494 e. The molecule has 9 nitrogen and oxygen atoms in total. The quantitative estimate of drug-likeness (QED) is 0.335. The van der Waals surface area contributed by atoms with Gasteiger partial charge in [0.1, 0.15) is 23.7 Å². The van der Waals surface area contributed by atoms with Gasteiger partial charge in [0.15, 0.2) is 5.82 Å². The van der Waals surface area contributed by atoms with Gasteiger partial charge in [-0.1, -0.05) is 30.7 Å². The van der Waals surface area contributed by atoms with Crippen LogP contribution < -0.4 is 25.6 Å². The first-order valence-electron chi connectivity index (χ1n) is 12.6. The zero-order valence-electron chi connectivity index (χ0n) is 22.2. The lowest BCUT2D eigenvalue weighted by molar-refractivity contribution is -0.119. The van der Waals surface area contributed by atoms with Gasteiger partial charge < -0.3 is 24.8 Å². The van der Waals surface area contributed by atoms with E-state index in [-0.39, 0.29) is 5.78 Å². The molecule has 0 spiro atoms. The van der Waals surface area contributed by atoms with Gasteiger partial charge in [0.05, 0.1) is 31.2 Å². The highest BCUT2D eigenvalue weighted by molar-refractivity contribution is 7.70. The second kappa shape index (κ2) is 12.2. The Morgan fingerprint density at radius 2 is 1.82 bits per heavy atom. The first-order chi connectivity index (χ1) is 18.2. The molecule has 2 N–H and O–H groups in total. The molecule has 0 radical (unpaired) electrons. The Labute approximate surface area is 228 Å². The Morgan fingerprint density at radius 1 is 1.08 bits per heavy atom. The molecule has 38 heavy (non-hydrogen) atoms. The summed E-state index contributed by atoms with van der Waals surface area (Å²) in [7, 11) is -0.892. The molecule has 0 unspecified atom stereocenters. The Bertz CT molecular complexity index is 1340. The number of carbonyl (C=O) groups is 1. The Balaban J connectivity index is 1.49. The summed E-state index contributed by atoms with van der Waals surface area (Å²) in [6.45, 7) is 9.25. The van der Waals surface area contributed by atoms with E-state index >= 15 is 0 Å². The maximum Gasteiger partial charge on any atom is 0.229 e. The molecule has 0 aliphatic carbocycles. The number of Topliss-reactive ketones (excluding diaryl/α,β-unsaturated/α-hetero) is 1. The number of anilines is 5. The fourth-order valence-corrected chi connectivity index (χ4v) is 5.61. The van der Waals surface area contributed by atoms with Gasteiger partial charge in [0.2, 0.25) is 5.95 Å². The predicted molar refractivity (Wildman–Crippen MR) is 156 cm³/mol. The highest BCUT2D eigenvalue weighted by atomic mass is 35.5. The molecule has 202 valence electrons. The number of benzene rings is 2. The van der Waals surface area contributed by atoms with E-state index in [2.05, 4.69) is 30.4 Å². The minimum atomic E-state index is -2.52. The number of methoxy groups -OCH3 is 1. The van der Waals surface area contributed by atoms with Crippen LogP contribution in [0, 0.1) is 0 Å². The van der Waals surface area contributed by atoms with Gasteiger partial charge in [-0.15, -0.1) is 0 Å². The van der Waals surface area contributed by atoms with Gasteiger partial charge in [-0.3, -0.25) is 9.69 Å². The summed E-state index contributed by atoms with van der Waals surface area (Å²) in [4.78, 5) is 25.2. The molecule has 0 amide bonds. The van der Waals surface area contributed by atoms with Crippen LogP contribution >= 0.6 is 18.7 Å². The fourth-order valence-electron chi connectivity index (χ4n) is 4.32. The molecule has 0 saturated carbocycles. The molecule has 1 aromatic heterocycles. The lowest BCUT2D eigenvalue weighted by Crippen LogP contribution is -2.47. The minimum absolute atomic E-state index is 0.276. The first-order valence-corrected chi connectivity index (χ1v) is 15.5. The highest BCUT2D eigenvalue weighted by Gasteiger charge is 2.20. The zero-order chi connectivity index (χ0) is 27.3. The van der Waals surface area contributed by atoms with E-state index in [4.69, 9.17) is 16.3 Å². The summed E-state index contributed by atoms with van der Waals surface area (Å²) in [5.74, 6) is 1.67. The van der Waals surface area contributed by atoms with Crippen molar-refractivity contribution in [1.82, 2.24) is 14.9 Å². The van der Waals surface area contributed by atoms with Crippen LogP contribution in [-0.2, 0) is 9.36 Å². The molecule has 4 rings (SSSR count). The standard InChI is InChI=1S/C27H34ClN6O3P/c1-5-20(35)18-33-12-14-34(15-13-33)19-10-11-22(24(16-19)37-2)31-27-29-17-21(28)26(32-27)30-23-8-6-7-9-25(23)38(3,4)36/h6-11,16-17H,5,12-15,18H2,1-4H3,(H2,29,30,31,32). The number of ether oxygens (including phenoxy) is 1. The molecular weight excluding hydrogens is 523 g/mol. The van der Waals surface area contributed by atoms with Crippen molar-refractivity contribution in [3.63, 3.8) is 0 Å². The van der Waals surface area contributed by atoms with Crippen molar-refractivity contribution >= 4 is 58.7 Å². The number of hydrogen-bond acceptors (Lipinski definition) is 9. The van der Waals surface area contributed by atoms with E-state index in [1.807, 2.05) is 49.4 Å². The van der Waals surface area contributed by atoms with E-state index in [0.717, 1.165) is 37.2 Å². The smallest absolute Gasteiger partial charge is 0.229 e. The van der Waals surface area contributed by atoms with Gasteiger partial charge in [-0.25, -0.2) is 4.98 Å². The topological polar surface area (TPSA) is 99.7 Å². The molecule has 0 atom stereocenters. The number of hydrogen-bond donors (Lipinski definition) is 2. The third-order valence-electron chi connectivity index (χ3n) is 6.44. The van der Waals surface area contributed by atoms with E-state index in [0.29, 0.717) is 46.9 Å². The lowest BCUT2D eigenvalue weighted by Gasteiger charge is -2.36. The van der Waals surface area contributed by atoms with Crippen molar-refractivity contribution in [2.75, 3.05) is 68.7 Å². The summed E-state index contributed by atoms with van der Waals surface area (Å²) in [6, 6.07) is 13.4. The van der Waals surface area contributed by atoms with Gasteiger partial charge >= 0.3 is 0 Å². The number of nitrogens with zero attached hydrogens (tertiary/aromatic N) is 4. The minimum Gasteiger partial charge on any atom is -0.494 e. The lowest BCUT2D eigenvalue weighted by atomic mass is 10.2. The number of piperazine rings is 1. The first kappa shape index (κ1) is 27.9. The molecule has 2 heterocycles. The average Bonchev–Trinajstić information content (AvgIpc) is 2.91. The van der Waals surface area contributed by atoms with Crippen LogP contribution in [0.3, 0.4) is 0 Å². The van der Waals surface area contributed by atoms with Gasteiger partial charge in [0.25, 0.3) is 0 Å². The van der Waals surface area contributed by atoms with Crippen LogP contribution in [0.25, 0.3) is 0 Å². The Kier molecular flexibility index (Phi) is 8.92. The molecule has 11 heteroatoms. The summed E-state index contributed by atoms with van der Waals surface area (Å²) in [6.07, 6.45) is 2.09. The predicted octanol–water partition coefficient (Wildman–Crippen LogP) is 4.97. The van der Waals surface area contributed by atoms with E-state index in [9.17, 15) is 9.36 Å². The Morgan fingerprint density at radius 3 is 2.50 bits per heavy atom. The molecule has 1 fully saturated rings. The number of rotatable bonds is 10. The molecule has 1 saturated heterocycles. The van der Waals surface area contributed by atoms with Crippen molar-refractivity contribution in [3.05, 3.63) is 53.7 Å². The molecule has 2 aromatic carbocycles. The van der Waals surface area contributed by atoms with Crippen molar-refractivity contribution in [3.8, 4) is 5.75 Å². The van der Waals surface area contributed by atoms with Crippen LogP contribution in [0.15, 0.2) is 48.7 Å². The normalized spacial score (nSPS) is 14.3. The summed E-state index contributed by atoms with van der Waals surface area (Å²) in [5.41, 5.74) is 2.45. The third kappa shape index (κ3) is 6.84. The van der Waals surface area contributed by atoms with Gasteiger partial charge in [-0.05, 0) is 37.6 Å². The maximum atomic E-state index is 12.8. The molecule has 3 aromatic rings. The van der Waals surface area contributed by atoms with Crippen LogP contribution in [0.2, 0.25) is 5.02 Å². The van der Waals surface area contributed by atoms with Gasteiger partial charge in [0, 0.05) is 49.7 Å². The SMILES string of the molecule is CCC(=O)CN1CCN(c2ccc(Nc3ncc(Cl)c(Nc4ccccc4P(C)(C)=O)n3)c(OC)c2)CC1. The van der Waals surface area contributed by atoms with Crippen molar-refractivity contribution < 1.29 is 14.1 Å². The monoisotopic (exact) mass is 556 g/mol. The van der Waals surface area contributed by atoms with Crippen LogP contribution in [0.1, 0.15) is 13.3 Å². The van der Waals surface area contributed by atoms with Crippen molar-refractivity contribution in [2.45, 2.75) is 13.3 Å². The van der Waals surface area contributed by atoms with E-state index in [1.54, 1.807) is 20.4 Å². The van der Waals surface area contributed by atoms with Crippen molar-refractivity contribution in [2.24, 2.45) is 0 Å². The number of para-hydroxylation sites is 1. The molecule has 0 bridgehead atoms. The summed E-state index contributed by atoms with van der Waals surface area (Å²) >= 11 is 6.39. The van der Waals surface area contributed by atoms with E-state index < -0.39 is 7.14 Å². The van der Waals surface area contributed by atoms with Gasteiger partial charge in [-0.2, -0.15) is 4.98 Å². The number of carbonyl (C=O) groups excluding carboxylic acids is 1. The number of nitrogens with one attached hydrogen (secondary N) is 2. The third-order valence-corrected chi connectivity index (χ3v) is 8.27. The number of ketones is 1. The molecule has 1 aliphatic heterocycles.